The number of benzene rings is 1. The topological polar surface area (TPSA) is 119 Å². The smallest absolute Gasteiger partial charge is 0.436 e. The van der Waals surface area contributed by atoms with E-state index in [9.17, 15) is 14.4 Å². The molecule has 2 unspecified atom stereocenters. The minimum Gasteiger partial charge on any atom is -0.443 e. The van der Waals surface area contributed by atoms with Gasteiger partial charge < -0.3 is 16.2 Å². The quantitative estimate of drug-likeness (QED) is 0.526. The summed E-state index contributed by atoms with van der Waals surface area (Å²) in [5.41, 5.74) is 12.1. The molecule has 0 aliphatic carbocycles. The molecule has 8 nitrogen and oxygen atoms in total. The standard InChI is InChI=1S/C19H30N4O4/c1-4-5-9-12-22(17(24)14(2)20)23(18(25)15(3)21)19(26)27-13-16-10-7-6-8-11-16/h6-8,10-11,14-15H,4-5,9,12-13,20-21H2,1-3H3. The van der Waals surface area contributed by atoms with Crippen LogP contribution in [-0.2, 0) is 20.9 Å². The van der Waals surface area contributed by atoms with Gasteiger partial charge in [-0.05, 0) is 25.8 Å². The predicted molar refractivity (Wildman–Crippen MR) is 102 cm³/mol. The van der Waals surface area contributed by atoms with E-state index in [1.807, 2.05) is 25.1 Å². The molecule has 0 aromatic heterocycles. The molecule has 1 aromatic carbocycles. The number of nitrogens with zero attached hydrogens (tertiary/aromatic N) is 2. The highest BCUT2D eigenvalue weighted by Crippen LogP contribution is 2.11. The minimum absolute atomic E-state index is 0.0302. The number of imide groups is 1. The Balaban J connectivity index is 3.03. The Morgan fingerprint density at radius 1 is 1.00 bits per heavy atom. The molecule has 0 radical (unpaired) electrons. The van der Waals surface area contributed by atoms with Gasteiger partial charge in [0.15, 0.2) is 0 Å². The van der Waals surface area contributed by atoms with E-state index in [4.69, 9.17) is 16.2 Å². The lowest BCUT2D eigenvalue weighted by Crippen LogP contribution is -2.59. The molecule has 150 valence electrons. The summed E-state index contributed by atoms with van der Waals surface area (Å²) in [6, 6.07) is 7.18. The zero-order valence-corrected chi connectivity index (χ0v) is 16.3. The van der Waals surface area contributed by atoms with Crippen LogP contribution in [0.25, 0.3) is 0 Å². The fourth-order valence-electron chi connectivity index (χ4n) is 2.34. The maximum atomic E-state index is 12.7. The van der Waals surface area contributed by atoms with Crippen molar-refractivity contribution in [2.24, 2.45) is 11.5 Å². The van der Waals surface area contributed by atoms with Crippen molar-refractivity contribution in [2.75, 3.05) is 6.54 Å². The second kappa shape index (κ2) is 11.3. The summed E-state index contributed by atoms with van der Waals surface area (Å²) in [7, 11) is 0. The van der Waals surface area contributed by atoms with Crippen molar-refractivity contribution in [3.05, 3.63) is 35.9 Å². The molecule has 1 rings (SSSR count). The van der Waals surface area contributed by atoms with Gasteiger partial charge in [-0.15, -0.1) is 5.01 Å². The van der Waals surface area contributed by atoms with Crippen LogP contribution in [0.5, 0.6) is 0 Å². The number of rotatable bonds is 8. The monoisotopic (exact) mass is 378 g/mol. The van der Waals surface area contributed by atoms with E-state index in [1.54, 1.807) is 12.1 Å². The van der Waals surface area contributed by atoms with Crippen LogP contribution >= 0.6 is 0 Å². The Labute approximate surface area is 160 Å². The molecule has 0 heterocycles. The lowest BCUT2D eigenvalue weighted by atomic mass is 10.2. The average Bonchev–Trinajstić information content (AvgIpc) is 2.65. The summed E-state index contributed by atoms with van der Waals surface area (Å²) in [6.45, 7) is 5.10. The predicted octanol–water partition coefficient (Wildman–Crippen LogP) is 1.78. The number of hydrogen-bond donors (Lipinski definition) is 2. The molecule has 27 heavy (non-hydrogen) atoms. The molecular formula is C19H30N4O4. The van der Waals surface area contributed by atoms with Crippen LogP contribution in [0.3, 0.4) is 0 Å². The Hall–Kier alpha value is -2.45. The van der Waals surface area contributed by atoms with E-state index >= 15 is 0 Å². The number of nitrogens with two attached hydrogens (primary N) is 2. The Morgan fingerprint density at radius 2 is 1.59 bits per heavy atom. The number of hydrazine groups is 1. The van der Waals surface area contributed by atoms with Gasteiger partial charge in [0, 0.05) is 6.54 Å². The van der Waals surface area contributed by atoms with Gasteiger partial charge in [0.1, 0.15) is 6.61 Å². The normalized spacial score (nSPS) is 12.8. The molecule has 0 spiro atoms. The summed E-state index contributed by atoms with van der Waals surface area (Å²) in [4.78, 5) is 37.8. The van der Waals surface area contributed by atoms with E-state index in [2.05, 4.69) is 0 Å². The number of hydrogen-bond acceptors (Lipinski definition) is 6. The van der Waals surface area contributed by atoms with Crippen molar-refractivity contribution in [3.63, 3.8) is 0 Å². The molecule has 3 amide bonds. The van der Waals surface area contributed by atoms with Crippen LogP contribution in [0.2, 0.25) is 0 Å². The number of unbranched alkanes of at least 4 members (excludes halogenated alkanes) is 2. The van der Waals surface area contributed by atoms with E-state index in [0.717, 1.165) is 23.4 Å². The third-order valence-electron chi connectivity index (χ3n) is 3.84. The first kappa shape index (κ1) is 22.6. The van der Waals surface area contributed by atoms with Gasteiger partial charge in [0.2, 0.25) is 0 Å². The van der Waals surface area contributed by atoms with Crippen LogP contribution in [0.1, 0.15) is 45.6 Å². The third kappa shape index (κ3) is 6.99. The summed E-state index contributed by atoms with van der Waals surface area (Å²) < 4.78 is 5.25. The van der Waals surface area contributed by atoms with Crippen molar-refractivity contribution in [1.29, 1.82) is 0 Å². The van der Waals surface area contributed by atoms with Crippen molar-refractivity contribution in [2.45, 2.75) is 58.7 Å². The fourth-order valence-corrected chi connectivity index (χ4v) is 2.34. The molecule has 8 heteroatoms. The molecule has 0 saturated heterocycles. The molecular weight excluding hydrogens is 348 g/mol. The minimum atomic E-state index is -0.983. The highest BCUT2D eigenvalue weighted by molar-refractivity contribution is 5.97. The SMILES string of the molecule is CCCCCN(C(=O)C(C)N)N(C(=O)OCc1ccccc1)C(=O)C(C)N. The van der Waals surface area contributed by atoms with Crippen molar-refractivity contribution in [1.82, 2.24) is 10.0 Å². The highest BCUT2D eigenvalue weighted by Gasteiger charge is 2.35. The van der Waals surface area contributed by atoms with Crippen LogP contribution in [-0.4, -0.2) is 46.6 Å². The molecule has 4 N–H and O–H groups in total. The van der Waals surface area contributed by atoms with E-state index in [1.165, 1.54) is 13.8 Å². The Morgan fingerprint density at radius 3 is 2.11 bits per heavy atom. The lowest BCUT2D eigenvalue weighted by Gasteiger charge is -2.34. The van der Waals surface area contributed by atoms with Crippen molar-refractivity contribution in [3.8, 4) is 0 Å². The summed E-state index contributed by atoms with van der Waals surface area (Å²) in [6.07, 6.45) is 1.41. The zero-order valence-electron chi connectivity index (χ0n) is 16.3. The van der Waals surface area contributed by atoms with Gasteiger partial charge >= 0.3 is 6.09 Å². The number of carbonyl (C=O) groups excluding carboxylic acids is 3. The lowest BCUT2D eigenvalue weighted by molar-refractivity contribution is -0.161. The molecule has 0 fully saturated rings. The molecule has 0 aliphatic heterocycles. The molecule has 1 aromatic rings. The van der Waals surface area contributed by atoms with Crippen LogP contribution in [0, 0.1) is 0 Å². The molecule has 0 saturated carbocycles. The number of carbonyl (C=O) groups is 3. The van der Waals surface area contributed by atoms with Crippen molar-refractivity contribution < 1.29 is 19.1 Å². The summed E-state index contributed by atoms with van der Waals surface area (Å²) in [5.74, 6) is -1.27. The van der Waals surface area contributed by atoms with Crippen LogP contribution in [0.15, 0.2) is 30.3 Å². The second-order valence-corrected chi connectivity index (χ2v) is 6.44. The highest BCUT2D eigenvalue weighted by atomic mass is 16.6. The van der Waals surface area contributed by atoms with Gasteiger partial charge in [-0.25, -0.2) is 9.80 Å². The Kier molecular flexibility index (Phi) is 9.46. The summed E-state index contributed by atoms with van der Waals surface area (Å²) >= 11 is 0. The van der Waals surface area contributed by atoms with E-state index in [-0.39, 0.29) is 13.2 Å². The maximum Gasteiger partial charge on any atom is 0.436 e. The molecule has 0 aliphatic rings. The summed E-state index contributed by atoms with van der Waals surface area (Å²) in [5, 5.41) is 1.74. The van der Waals surface area contributed by atoms with Crippen LogP contribution < -0.4 is 11.5 Å². The first-order valence-corrected chi connectivity index (χ1v) is 9.16. The number of ether oxygens (including phenoxy) is 1. The van der Waals surface area contributed by atoms with E-state index < -0.39 is 30.0 Å². The fraction of sp³-hybridized carbons (Fsp3) is 0.526. The van der Waals surface area contributed by atoms with Gasteiger partial charge in [0.25, 0.3) is 11.8 Å². The largest absolute Gasteiger partial charge is 0.443 e. The van der Waals surface area contributed by atoms with Gasteiger partial charge in [0.05, 0.1) is 12.1 Å². The average molecular weight is 378 g/mol. The van der Waals surface area contributed by atoms with E-state index in [0.29, 0.717) is 11.4 Å². The first-order valence-electron chi connectivity index (χ1n) is 9.16. The first-order chi connectivity index (χ1) is 12.8. The second-order valence-electron chi connectivity index (χ2n) is 6.44. The van der Waals surface area contributed by atoms with Crippen LogP contribution in [0.4, 0.5) is 4.79 Å². The molecule has 2 atom stereocenters. The van der Waals surface area contributed by atoms with Gasteiger partial charge in [-0.1, -0.05) is 50.1 Å². The zero-order chi connectivity index (χ0) is 20.4. The third-order valence-corrected chi connectivity index (χ3v) is 3.84. The maximum absolute atomic E-state index is 12.7. The Bertz CT molecular complexity index is 619. The van der Waals surface area contributed by atoms with Gasteiger partial charge in [-0.2, -0.15) is 0 Å². The van der Waals surface area contributed by atoms with Gasteiger partial charge in [-0.3, -0.25) is 9.59 Å². The molecule has 0 bridgehead atoms. The number of amides is 3. The van der Waals surface area contributed by atoms with Crippen molar-refractivity contribution >= 4 is 17.9 Å².